The lowest BCUT2D eigenvalue weighted by molar-refractivity contribution is -0.137. The Morgan fingerprint density at radius 1 is 1.20 bits per heavy atom. The first-order valence-electron chi connectivity index (χ1n) is 7.68. The van der Waals surface area contributed by atoms with Crippen molar-refractivity contribution in [3.05, 3.63) is 41.0 Å². The van der Waals surface area contributed by atoms with Crippen molar-refractivity contribution in [1.29, 1.82) is 0 Å². The fourth-order valence-corrected chi connectivity index (χ4v) is 5.02. The SMILES string of the molecule is CC1=NN(c2cccc(C(F)(F)F)c2)C(=O)[C@]12CC(C)=C(C)C[S@]2=O. The van der Waals surface area contributed by atoms with Gasteiger partial charge in [-0.25, -0.2) is 0 Å². The number of hydrazone groups is 1. The number of halogens is 3. The number of hydrogen-bond donors (Lipinski definition) is 0. The summed E-state index contributed by atoms with van der Waals surface area (Å²) in [5, 5.41) is 5.12. The van der Waals surface area contributed by atoms with Gasteiger partial charge in [0.15, 0.2) is 4.75 Å². The standard InChI is InChI=1S/C17H17F3N2O2S/c1-10-8-16(25(24)9-11(10)2)12(3)21-22(15(16)23)14-6-4-5-13(7-14)17(18,19)20/h4-7H,8-9H2,1-3H3/t16-,25+/m0/s1. The Bertz CT molecular complexity index is 845. The first kappa shape index (κ1) is 17.8. The maximum atomic E-state index is 13.0. The van der Waals surface area contributed by atoms with Gasteiger partial charge in [0.05, 0.1) is 17.0 Å². The van der Waals surface area contributed by atoms with Crippen LogP contribution in [0, 0.1) is 0 Å². The molecular weight excluding hydrogens is 353 g/mol. The van der Waals surface area contributed by atoms with Crippen LogP contribution in [0.1, 0.15) is 32.8 Å². The topological polar surface area (TPSA) is 49.7 Å². The van der Waals surface area contributed by atoms with E-state index in [0.717, 1.165) is 28.3 Å². The number of allylic oxidation sites excluding steroid dienone is 1. The zero-order valence-electron chi connectivity index (χ0n) is 14.0. The Morgan fingerprint density at radius 3 is 2.52 bits per heavy atom. The van der Waals surface area contributed by atoms with Gasteiger partial charge >= 0.3 is 6.18 Å². The van der Waals surface area contributed by atoms with E-state index in [4.69, 9.17) is 0 Å². The summed E-state index contributed by atoms with van der Waals surface area (Å²) in [5.74, 6) is -0.268. The maximum absolute atomic E-state index is 13.0. The largest absolute Gasteiger partial charge is 0.416 e. The van der Waals surface area contributed by atoms with Crippen LogP contribution >= 0.6 is 0 Å². The molecule has 8 heteroatoms. The van der Waals surface area contributed by atoms with Crippen molar-refractivity contribution < 1.29 is 22.2 Å². The second kappa shape index (κ2) is 5.79. The first-order chi connectivity index (χ1) is 11.6. The molecule has 0 aromatic heterocycles. The zero-order valence-corrected chi connectivity index (χ0v) is 14.8. The van der Waals surface area contributed by atoms with Gasteiger partial charge in [-0.2, -0.15) is 23.3 Å². The van der Waals surface area contributed by atoms with E-state index in [-0.39, 0.29) is 17.9 Å². The predicted molar refractivity (Wildman–Crippen MR) is 90.8 cm³/mol. The molecule has 25 heavy (non-hydrogen) atoms. The van der Waals surface area contributed by atoms with Crippen LogP contribution in [0.15, 0.2) is 40.5 Å². The van der Waals surface area contributed by atoms with E-state index < -0.39 is 33.2 Å². The van der Waals surface area contributed by atoms with Gasteiger partial charge < -0.3 is 0 Å². The molecule has 1 spiro atoms. The maximum Gasteiger partial charge on any atom is 0.416 e. The van der Waals surface area contributed by atoms with Gasteiger partial charge in [-0.3, -0.25) is 9.00 Å². The lowest BCUT2D eigenvalue weighted by atomic mass is 9.92. The summed E-state index contributed by atoms with van der Waals surface area (Å²) in [6, 6.07) is 4.44. The normalized spacial score (nSPS) is 27.3. The number of anilines is 1. The van der Waals surface area contributed by atoms with Crippen LogP contribution in [0.25, 0.3) is 0 Å². The molecule has 0 saturated carbocycles. The van der Waals surface area contributed by atoms with Crippen molar-refractivity contribution in [3.8, 4) is 0 Å². The van der Waals surface area contributed by atoms with Gasteiger partial charge in [-0.1, -0.05) is 17.2 Å². The summed E-state index contributed by atoms with van der Waals surface area (Å²) >= 11 is 0. The summed E-state index contributed by atoms with van der Waals surface area (Å²) < 4.78 is 50.3. The Morgan fingerprint density at radius 2 is 1.88 bits per heavy atom. The van der Waals surface area contributed by atoms with Gasteiger partial charge in [0.1, 0.15) is 0 Å². The molecule has 0 fully saturated rings. The van der Waals surface area contributed by atoms with Crippen molar-refractivity contribution in [1.82, 2.24) is 0 Å². The highest BCUT2D eigenvalue weighted by Gasteiger charge is 2.55. The van der Waals surface area contributed by atoms with Crippen LogP contribution < -0.4 is 5.01 Å². The highest BCUT2D eigenvalue weighted by atomic mass is 32.2. The van der Waals surface area contributed by atoms with E-state index in [1.54, 1.807) is 6.92 Å². The average Bonchev–Trinajstić information content (AvgIpc) is 2.78. The molecule has 0 radical (unpaired) electrons. The summed E-state index contributed by atoms with van der Waals surface area (Å²) in [5.41, 5.74) is 1.48. The second-order valence-electron chi connectivity index (χ2n) is 6.40. The molecule has 0 N–H and O–H groups in total. The zero-order chi connectivity index (χ0) is 18.6. The lowest BCUT2D eigenvalue weighted by Gasteiger charge is -2.32. The van der Waals surface area contributed by atoms with Gasteiger partial charge in [0.2, 0.25) is 0 Å². The van der Waals surface area contributed by atoms with Gasteiger partial charge in [-0.15, -0.1) is 0 Å². The molecule has 1 aromatic carbocycles. The number of rotatable bonds is 1. The lowest BCUT2D eigenvalue weighted by Crippen LogP contribution is -2.52. The van der Waals surface area contributed by atoms with Crippen molar-refractivity contribution in [2.45, 2.75) is 38.1 Å². The Balaban J connectivity index is 2.04. The van der Waals surface area contributed by atoms with Crippen molar-refractivity contribution in [3.63, 3.8) is 0 Å². The first-order valence-corrected chi connectivity index (χ1v) is 9.00. The number of benzene rings is 1. The fourth-order valence-electron chi connectivity index (χ4n) is 3.10. The van der Waals surface area contributed by atoms with E-state index in [1.807, 2.05) is 13.8 Å². The molecule has 2 heterocycles. The number of carbonyl (C=O) groups is 1. The molecule has 134 valence electrons. The van der Waals surface area contributed by atoms with Crippen molar-refractivity contribution in [2.75, 3.05) is 10.8 Å². The molecule has 0 unspecified atom stereocenters. The van der Waals surface area contributed by atoms with E-state index in [2.05, 4.69) is 5.10 Å². The van der Waals surface area contributed by atoms with E-state index in [0.29, 0.717) is 5.71 Å². The van der Waals surface area contributed by atoms with Crippen LogP contribution in [-0.2, 0) is 21.8 Å². The summed E-state index contributed by atoms with van der Waals surface area (Å²) in [7, 11) is -1.50. The smallest absolute Gasteiger partial charge is 0.270 e. The molecule has 0 bridgehead atoms. The highest BCUT2D eigenvalue weighted by molar-refractivity contribution is 7.88. The average molecular weight is 370 g/mol. The minimum Gasteiger partial charge on any atom is -0.270 e. The molecule has 0 saturated heterocycles. The summed E-state index contributed by atoms with van der Waals surface area (Å²) in [6.07, 6.45) is -4.24. The summed E-state index contributed by atoms with van der Waals surface area (Å²) in [4.78, 5) is 13.0. The minimum absolute atomic E-state index is 0.0250. The molecule has 3 rings (SSSR count). The molecule has 1 aromatic rings. The summed E-state index contributed by atoms with van der Waals surface area (Å²) in [6.45, 7) is 5.36. The molecule has 2 aliphatic heterocycles. The minimum atomic E-state index is -4.51. The van der Waals surface area contributed by atoms with Crippen LogP contribution in [0.3, 0.4) is 0 Å². The third kappa shape index (κ3) is 2.72. The molecule has 1 amide bonds. The van der Waals surface area contributed by atoms with E-state index >= 15 is 0 Å². The number of alkyl halides is 3. The van der Waals surface area contributed by atoms with E-state index in [9.17, 15) is 22.2 Å². The van der Waals surface area contributed by atoms with Crippen LogP contribution in [0.2, 0.25) is 0 Å². The molecular formula is C17H17F3N2O2S. The number of carbonyl (C=O) groups excluding carboxylic acids is 1. The molecule has 2 atom stereocenters. The molecule has 2 aliphatic rings. The predicted octanol–water partition coefficient (Wildman–Crippen LogP) is 3.66. The van der Waals surface area contributed by atoms with Crippen molar-refractivity contribution >= 4 is 28.1 Å². The second-order valence-corrected chi connectivity index (χ2v) is 8.08. The van der Waals surface area contributed by atoms with Gasteiger partial charge in [-0.05, 0) is 45.4 Å². The Hall–Kier alpha value is -1.96. The number of nitrogens with zero attached hydrogens (tertiary/aromatic N) is 2. The third-order valence-electron chi connectivity index (χ3n) is 4.77. The van der Waals surface area contributed by atoms with Crippen LogP contribution in [0.4, 0.5) is 18.9 Å². The quantitative estimate of drug-likeness (QED) is 0.709. The molecule has 4 nitrogen and oxygen atoms in total. The van der Waals surface area contributed by atoms with Crippen LogP contribution in [0.5, 0.6) is 0 Å². The fraction of sp³-hybridized carbons (Fsp3) is 0.412. The monoisotopic (exact) mass is 370 g/mol. The van der Waals surface area contributed by atoms with Crippen LogP contribution in [-0.4, -0.2) is 26.3 Å². The van der Waals surface area contributed by atoms with Crippen molar-refractivity contribution in [2.24, 2.45) is 5.10 Å². The Labute approximate surface area is 145 Å². The Kier molecular flexibility index (Phi) is 4.14. The van der Waals surface area contributed by atoms with Gasteiger partial charge in [0.25, 0.3) is 5.91 Å². The highest BCUT2D eigenvalue weighted by Crippen LogP contribution is 2.40. The number of amides is 1. The third-order valence-corrected chi connectivity index (χ3v) is 6.86. The van der Waals surface area contributed by atoms with Gasteiger partial charge in [0, 0.05) is 16.6 Å². The molecule has 0 aliphatic carbocycles. The van der Waals surface area contributed by atoms with E-state index in [1.165, 1.54) is 12.1 Å². The number of hydrogen-bond acceptors (Lipinski definition) is 3.